The summed E-state index contributed by atoms with van der Waals surface area (Å²) in [4.78, 5) is 0. The van der Waals surface area contributed by atoms with Gasteiger partial charge in [0.1, 0.15) is 18.1 Å². The minimum Gasteiger partial charge on any atom is -0.507 e. The van der Waals surface area contributed by atoms with Crippen molar-refractivity contribution in [3.63, 3.8) is 0 Å². The second-order valence-corrected chi connectivity index (χ2v) is 5.22. The van der Waals surface area contributed by atoms with Gasteiger partial charge >= 0.3 is 0 Å². The highest BCUT2D eigenvalue weighted by molar-refractivity contribution is 5.70. The summed E-state index contributed by atoms with van der Waals surface area (Å²) in [5.41, 5.74) is 4.23. The molecule has 0 atom stereocenters. The number of hydrogen-bond donors (Lipinski definition) is 2. The summed E-state index contributed by atoms with van der Waals surface area (Å²) < 4.78 is 5.46. The predicted octanol–water partition coefficient (Wildman–Crippen LogP) is 3.81. The molecule has 19 heavy (non-hydrogen) atoms. The van der Waals surface area contributed by atoms with E-state index < -0.39 is 0 Å². The second-order valence-electron chi connectivity index (χ2n) is 5.22. The van der Waals surface area contributed by atoms with Crippen LogP contribution in [0.3, 0.4) is 0 Å². The highest BCUT2D eigenvalue weighted by Gasteiger charge is 2.22. The Morgan fingerprint density at radius 3 is 2.58 bits per heavy atom. The molecule has 1 aliphatic rings. The first kappa shape index (κ1) is 13.5. The van der Waals surface area contributed by atoms with Gasteiger partial charge in [-0.25, -0.2) is 0 Å². The summed E-state index contributed by atoms with van der Waals surface area (Å²) >= 11 is 0. The van der Waals surface area contributed by atoms with Gasteiger partial charge in [-0.1, -0.05) is 11.6 Å². The highest BCUT2D eigenvalue weighted by Crippen LogP contribution is 2.41. The van der Waals surface area contributed by atoms with Crippen LogP contribution in [-0.2, 0) is 17.8 Å². The molecule has 2 N–H and O–H groups in total. The van der Waals surface area contributed by atoms with Crippen LogP contribution in [0.15, 0.2) is 17.4 Å². The van der Waals surface area contributed by atoms with Crippen LogP contribution in [0.25, 0.3) is 6.08 Å². The van der Waals surface area contributed by atoms with Crippen LogP contribution in [-0.4, -0.2) is 10.2 Å². The maximum Gasteiger partial charge on any atom is 0.129 e. The zero-order valence-electron chi connectivity index (χ0n) is 11.9. The molecular weight excluding hydrogens is 240 g/mol. The number of rotatable bonds is 2. The lowest BCUT2D eigenvalue weighted by molar-refractivity contribution is 0.195. The molecule has 0 saturated heterocycles. The maximum atomic E-state index is 10.3. The first-order valence-electron chi connectivity index (χ1n) is 6.42. The lowest BCUT2D eigenvalue weighted by atomic mass is 9.91. The van der Waals surface area contributed by atoms with Crippen LogP contribution >= 0.6 is 0 Å². The molecule has 102 valence electrons. The molecule has 1 aromatic carbocycles. The van der Waals surface area contributed by atoms with E-state index in [1.165, 1.54) is 5.57 Å². The van der Waals surface area contributed by atoms with Crippen LogP contribution < -0.4 is 0 Å². The van der Waals surface area contributed by atoms with Crippen molar-refractivity contribution >= 4 is 6.08 Å². The highest BCUT2D eigenvalue weighted by atomic mass is 16.5. The molecule has 1 heterocycles. The van der Waals surface area contributed by atoms with Crippen LogP contribution in [0.1, 0.15) is 43.0 Å². The van der Waals surface area contributed by atoms with Gasteiger partial charge in [-0.3, -0.25) is 0 Å². The van der Waals surface area contributed by atoms with Crippen molar-refractivity contribution in [1.29, 1.82) is 0 Å². The quantitative estimate of drug-likeness (QED) is 0.795. The normalized spacial score (nSPS) is 13.4. The average Bonchev–Trinajstić information content (AvgIpc) is 2.35. The predicted molar refractivity (Wildman–Crippen MR) is 76.1 cm³/mol. The molecule has 0 aromatic heterocycles. The first-order valence-corrected chi connectivity index (χ1v) is 6.42. The summed E-state index contributed by atoms with van der Waals surface area (Å²) in [5.74, 6) is 1.12. The van der Waals surface area contributed by atoms with Gasteiger partial charge in [-0.15, -0.1) is 0 Å². The van der Waals surface area contributed by atoms with E-state index in [2.05, 4.69) is 6.08 Å². The monoisotopic (exact) mass is 260 g/mol. The van der Waals surface area contributed by atoms with Crippen molar-refractivity contribution < 1.29 is 14.9 Å². The number of ether oxygens (including phenoxy) is 1. The lowest BCUT2D eigenvalue weighted by Gasteiger charge is -2.22. The van der Waals surface area contributed by atoms with E-state index >= 15 is 0 Å². The number of phenols is 2. The molecule has 0 saturated carbocycles. The van der Waals surface area contributed by atoms with Gasteiger partial charge < -0.3 is 14.9 Å². The Balaban J connectivity index is 2.65. The minimum atomic E-state index is 0.136. The fourth-order valence-corrected chi connectivity index (χ4v) is 2.27. The summed E-state index contributed by atoms with van der Waals surface area (Å²) in [6, 6.07) is 0. The zero-order valence-corrected chi connectivity index (χ0v) is 11.9. The minimum absolute atomic E-state index is 0.136. The number of benzene rings is 1. The topological polar surface area (TPSA) is 49.7 Å². The van der Waals surface area contributed by atoms with E-state index in [1.807, 2.05) is 26.8 Å². The van der Waals surface area contributed by atoms with Crippen molar-refractivity contribution in [1.82, 2.24) is 0 Å². The summed E-state index contributed by atoms with van der Waals surface area (Å²) in [7, 11) is 0. The number of hydrogen-bond acceptors (Lipinski definition) is 3. The Kier molecular flexibility index (Phi) is 3.56. The Labute approximate surface area is 113 Å². The SMILES string of the molecule is CC(C)=CCc1c(O)c(C)c(O)c2c1C=C(C)OC2. The van der Waals surface area contributed by atoms with Crippen LogP contribution in [0.5, 0.6) is 11.5 Å². The van der Waals surface area contributed by atoms with Crippen molar-refractivity contribution in [2.24, 2.45) is 0 Å². The maximum absolute atomic E-state index is 10.3. The zero-order chi connectivity index (χ0) is 14.2. The Morgan fingerprint density at radius 1 is 1.26 bits per heavy atom. The third-order valence-electron chi connectivity index (χ3n) is 3.44. The third-order valence-corrected chi connectivity index (χ3v) is 3.44. The van der Waals surface area contributed by atoms with Gasteiger partial charge in [-0.05, 0) is 45.8 Å². The van der Waals surface area contributed by atoms with Crippen LogP contribution in [0, 0.1) is 6.92 Å². The van der Waals surface area contributed by atoms with Gasteiger partial charge in [0.05, 0.1) is 5.76 Å². The molecule has 2 rings (SSSR count). The molecule has 3 nitrogen and oxygen atoms in total. The van der Waals surface area contributed by atoms with E-state index in [0.29, 0.717) is 18.6 Å². The molecule has 0 amide bonds. The van der Waals surface area contributed by atoms with E-state index in [1.54, 1.807) is 6.92 Å². The number of phenolic OH excluding ortho intramolecular Hbond substituents is 2. The van der Waals surface area contributed by atoms with E-state index in [9.17, 15) is 10.2 Å². The Morgan fingerprint density at radius 2 is 1.95 bits per heavy atom. The molecule has 0 spiro atoms. The molecule has 1 aromatic rings. The largest absolute Gasteiger partial charge is 0.507 e. The van der Waals surface area contributed by atoms with Crippen molar-refractivity contribution in [2.75, 3.05) is 0 Å². The molecule has 0 radical (unpaired) electrons. The van der Waals surface area contributed by atoms with Crippen molar-refractivity contribution in [2.45, 2.75) is 40.7 Å². The average molecular weight is 260 g/mol. The summed E-state index contributed by atoms with van der Waals surface area (Å²) in [5, 5.41) is 20.4. The smallest absolute Gasteiger partial charge is 0.129 e. The summed E-state index contributed by atoms with van der Waals surface area (Å²) in [6.45, 7) is 8.01. The molecule has 0 aliphatic carbocycles. The lowest BCUT2D eigenvalue weighted by Crippen LogP contribution is -2.06. The van der Waals surface area contributed by atoms with Gasteiger partial charge in [-0.2, -0.15) is 0 Å². The summed E-state index contributed by atoms with van der Waals surface area (Å²) in [6.07, 6.45) is 4.61. The van der Waals surface area contributed by atoms with Gasteiger partial charge in [0.2, 0.25) is 0 Å². The van der Waals surface area contributed by atoms with E-state index in [-0.39, 0.29) is 11.5 Å². The van der Waals surface area contributed by atoms with Gasteiger partial charge in [0.15, 0.2) is 0 Å². The molecule has 1 aliphatic heterocycles. The Bertz CT molecular complexity index is 576. The Hall–Kier alpha value is -1.90. The first-order chi connectivity index (χ1) is 8.91. The van der Waals surface area contributed by atoms with Crippen molar-refractivity contribution in [3.05, 3.63) is 39.7 Å². The molecule has 0 unspecified atom stereocenters. The third kappa shape index (κ3) is 2.46. The standard InChI is InChI=1S/C16H20O3/c1-9(2)5-6-12-13-7-10(3)19-8-14(13)16(18)11(4)15(12)17/h5,7,17-18H,6,8H2,1-4H3. The van der Waals surface area contributed by atoms with Crippen molar-refractivity contribution in [3.8, 4) is 11.5 Å². The molecule has 0 bridgehead atoms. The number of allylic oxidation sites excluding steroid dienone is 3. The number of aromatic hydroxyl groups is 2. The second kappa shape index (κ2) is 5.00. The van der Waals surface area contributed by atoms with E-state index in [0.717, 1.165) is 22.4 Å². The van der Waals surface area contributed by atoms with Gasteiger partial charge in [0, 0.05) is 16.7 Å². The molecule has 0 fully saturated rings. The van der Waals surface area contributed by atoms with Crippen LogP contribution in [0.4, 0.5) is 0 Å². The molecular formula is C16H20O3. The molecule has 3 heteroatoms. The van der Waals surface area contributed by atoms with E-state index in [4.69, 9.17) is 4.74 Å². The van der Waals surface area contributed by atoms with Crippen LogP contribution in [0.2, 0.25) is 0 Å². The fourth-order valence-electron chi connectivity index (χ4n) is 2.27. The number of fused-ring (bicyclic) bond motifs is 1. The van der Waals surface area contributed by atoms with Gasteiger partial charge in [0.25, 0.3) is 0 Å². The fraction of sp³-hybridized carbons (Fsp3) is 0.375.